The van der Waals surface area contributed by atoms with Gasteiger partial charge >= 0.3 is 0 Å². The molecule has 1 aromatic carbocycles. The van der Waals surface area contributed by atoms with E-state index in [0.29, 0.717) is 6.61 Å². The van der Waals surface area contributed by atoms with Crippen LogP contribution in [0.15, 0.2) is 23.1 Å². The average Bonchev–Trinajstić information content (AvgIpc) is 2.45. The number of hydrogen-bond donors (Lipinski definition) is 2. The van der Waals surface area contributed by atoms with Gasteiger partial charge in [-0.2, -0.15) is 0 Å². The highest BCUT2D eigenvalue weighted by Gasteiger charge is 2.12. The first-order valence-electron chi connectivity index (χ1n) is 4.36. The highest BCUT2D eigenvalue weighted by atomic mass is 32.1. The molecule has 14 heavy (non-hydrogen) atoms. The zero-order chi connectivity index (χ0) is 10.1. The highest BCUT2D eigenvalue weighted by molar-refractivity contribution is 7.80. The maximum absolute atomic E-state index is 5.87. The maximum Gasteiger partial charge on any atom is 0.162 e. The van der Waals surface area contributed by atoms with E-state index in [1.54, 1.807) is 0 Å². The lowest BCUT2D eigenvalue weighted by atomic mass is 10.2. The van der Waals surface area contributed by atoms with Crippen LogP contribution in [-0.2, 0) is 0 Å². The van der Waals surface area contributed by atoms with Crippen LogP contribution in [0.25, 0.3) is 10.1 Å². The maximum atomic E-state index is 5.87. The Balaban J connectivity index is 2.73. The third kappa shape index (κ3) is 1.44. The third-order valence-corrected chi connectivity index (χ3v) is 3.30. The number of rotatable bonds is 2. The molecule has 0 radical (unpaired) electrons. The van der Waals surface area contributed by atoms with E-state index in [4.69, 9.17) is 10.5 Å². The summed E-state index contributed by atoms with van der Waals surface area (Å²) in [6, 6.07) is 5.94. The summed E-state index contributed by atoms with van der Waals surface area (Å²) in [5.41, 5.74) is 5.87. The molecule has 1 aromatic heterocycles. The minimum Gasteiger partial charge on any atom is -0.490 e. The quantitative estimate of drug-likeness (QED) is 0.770. The van der Waals surface area contributed by atoms with E-state index >= 15 is 0 Å². The molecule has 0 amide bonds. The van der Waals surface area contributed by atoms with Crippen LogP contribution in [0.3, 0.4) is 0 Å². The van der Waals surface area contributed by atoms with Gasteiger partial charge in [0.05, 0.1) is 12.0 Å². The first kappa shape index (κ1) is 9.68. The Labute approximate surface area is 92.1 Å². The molecule has 2 aromatic rings. The Morgan fingerprint density at radius 3 is 3.00 bits per heavy atom. The smallest absolute Gasteiger partial charge is 0.162 e. The molecule has 0 aliphatic rings. The van der Waals surface area contributed by atoms with Crippen molar-refractivity contribution in [2.75, 3.05) is 12.3 Å². The van der Waals surface area contributed by atoms with Gasteiger partial charge in [0.2, 0.25) is 0 Å². The van der Waals surface area contributed by atoms with Crippen molar-refractivity contribution in [2.24, 2.45) is 0 Å². The van der Waals surface area contributed by atoms with Crippen molar-refractivity contribution in [3.63, 3.8) is 0 Å². The summed E-state index contributed by atoms with van der Waals surface area (Å²) < 4.78 is 6.63. The lowest BCUT2D eigenvalue weighted by Gasteiger charge is -2.03. The predicted molar refractivity (Wildman–Crippen MR) is 64.7 cm³/mol. The van der Waals surface area contributed by atoms with E-state index in [-0.39, 0.29) is 0 Å². The number of thiophene rings is 1. The Hall–Kier alpha value is -0.870. The summed E-state index contributed by atoms with van der Waals surface area (Å²) in [6.07, 6.45) is 0. The zero-order valence-corrected chi connectivity index (χ0v) is 9.49. The average molecular weight is 225 g/mol. The summed E-state index contributed by atoms with van der Waals surface area (Å²) >= 11 is 5.93. The molecule has 1 heterocycles. The van der Waals surface area contributed by atoms with Gasteiger partial charge in [-0.25, -0.2) is 0 Å². The summed E-state index contributed by atoms with van der Waals surface area (Å²) in [6.45, 7) is 2.57. The van der Waals surface area contributed by atoms with Crippen LogP contribution in [0, 0.1) is 0 Å². The molecule has 74 valence electrons. The van der Waals surface area contributed by atoms with E-state index in [1.165, 1.54) is 11.3 Å². The SMILES string of the molecule is CCOc1c(N)sc2cccc(S)c12. The standard InChI is InChI=1S/C10H11NOS2/c1-2-12-9-8-6(13)4-3-5-7(8)14-10(9)11/h3-5,13H,2,11H2,1H3. The van der Waals surface area contributed by atoms with Gasteiger partial charge in [-0.1, -0.05) is 6.07 Å². The molecular formula is C10H11NOS2. The molecule has 0 saturated carbocycles. The lowest BCUT2D eigenvalue weighted by Crippen LogP contribution is -1.93. The van der Waals surface area contributed by atoms with Gasteiger partial charge in [0.1, 0.15) is 5.00 Å². The van der Waals surface area contributed by atoms with Gasteiger partial charge in [-0.15, -0.1) is 24.0 Å². The number of anilines is 1. The fourth-order valence-corrected chi connectivity index (χ4v) is 2.73. The van der Waals surface area contributed by atoms with Crippen molar-refractivity contribution in [3.05, 3.63) is 18.2 Å². The predicted octanol–water partition coefficient (Wildman–Crippen LogP) is 3.17. The number of nitrogens with two attached hydrogens (primary N) is 1. The molecule has 0 unspecified atom stereocenters. The highest BCUT2D eigenvalue weighted by Crippen LogP contribution is 2.42. The van der Waals surface area contributed by atoms with Crippen LogP contribution in [0.1, 0.15) is 6.92 Å². The molecule has 0 atom stereocenters. The Kier molecular flexibility index (Phi) is 2.56. The summed E-state index contributed by atoms with van der Waals surface area (Å²) in [5, 5.41) is 1.75. The molecule has 4 heteroatoms. The Morgan fingerprint density at radius 2 is 2.29 bits per heavy atom. The second kappa shape index (κ2) is 3.71. The van der Waals surface area contributed by atoms with Crippen LogP contribution in [0.2, 0.25) is 0 Å². The number of thiol groups is 1. The van der Waals surface area contributed by atoms with Crippen molar-refractivity contribution >= 4 is 39.1 Å². The Morgan fingerprint density at radius 1 is 1.50 bits per heavy atom. The second-order valence-electron chi connectivity index (χ2n) is 2.88. The van der Waals surface area contributed by atoms with Crippen LogP contribution in [0.5, 0.6) is 5.75 Å². The topological polar surface area (TPSA) is 35.2 Å². The van der Waals surface area contributed by atoms with Crippen molar-refractivity contribution in [3.8, 4) is 5.75 Å². The van der Waals surface area contributed by atoms with Gasteiger partial charge in [0.15, 0.2) is 5.75 Å². The summed E-state index contributed by atoms with van der Waals surface area (Å²) in [5.74, 6) is 0.776. The van der Waals surface area contributed by atoms with Crippen molar-refractivity contribution < 1.29 is 4.74 Å². The van der Waals surface area contributed by atoms with Gasteiger partial charge in [-0.05, 0) is 19.1 Å². The number of fused-ring (bicyclic) bond motifs is 1. The fraction of sp³-hybridized carbons (Fsp3) is 0.200. The number of benzene rings is 1. The van der Waals surface area contributed by atoms with Gasteiger partial charge in [0, 0.05) is 9.60 Å². The summed E-state index contributed by atoms with van der Waals surface area (Å²) in [4.78, 5) is 0.916. The van der Waals surface area contributed by atoms with Crippen molar-refractivity contribution in [2.45, 2.75) is 11.8 Å². The van der Waals surface area contributed by atoms with Crippen LogP contribution in [0.4, 0.5) is 5.00 Å². The molecule has 0 saturated heterocycles. The monoisotopic (exact) mass is 225 g/mol. The van der Waals surface area contributed by atoms with Crippen LogP contribution in [-0.4, -0.2) is 6.61 Å². The molecule has 2 nitrogen and oxygen atoms in total. The number of nitrogen functional groups attached to an aromatic ring is 1. The normalized spacial score (nSPS) is 10.7. The van der Waals surface area contributed by atoms with E-state index in [1.807, 2.05) is 25.1 Å². The van der Waals surface area contributed by atoms with E-state index in [9.17, 15) is 0 Å². The summed E-state index contributed by atoms with van der Waals surface area (Å²) in [7, 11) is 0. The van der Waals surface area contributed by atoms with Crippen molar-refractivity contribution in [1.29, 1.82) is 0 Å². The van der Waals surface area contributed by atoms with E-state index in [0.717, 1.165) is 25.7 Å². The van der Waals surface area contributed by atoms with Crippen LogP contribution < -0.4 is 10.5 Å². The molecule has 2 N–H and O–H groups in total. The first-order valence-corrected chi connectivity index (χ1v) is 5.63. The molecule has 0 fully saturated rings. The minimum absolute atomic E-state index is 0.623. The third-order valence-electron chi connectivity index (χ3n) is 1.96. The largest absolute Gasteiger partial charge is 0.490 e. The minimum atomic E-state index is 0.623. The number of hydrogen-bond acceptors (Lipinski definition) is 4. The molecular weight excluding hydrogens is 214 g/mol. The van der Waals surface area contributed by atoms with Crippen molar-refractivity contribution in [1.82, 2.24) is 0 Å². The van der Waals surface area contributed by atoms with E-state index < -0.39 is 0 Å². The molecule has 0 spiro atoms. The second-order valence-corrected chi connectivity index (χ2v) is 4.44. The molecule has 0 aliphatic heterocycles. The molecule has 2 rings (SSSR count). The fourth-order valence-electron chi connectivity index (χ4n) is 1.41. The van der Waals surface area contributed by atoms with Gasteiger partial charge in [0.25, 0.3) is 0 Å². The van der Waals surface area contributed by atoms with Gasteiger partial charge < -0.3 is 10.5 Å². The zero-order valence-electron chi connectivity index (χ0n) is 7.78. The first-order chi connectivity index (χ1) is 6.74. The number of ether oxygens (including phenoxy) is 1. The van der Waals surface area contributed by atoms with Crippen LogP contribution >= 0.6 is 24.0 Å². The molecule has 0 bridgehead atoms. The van der Waals surface area contributed by atoms with E-state index in [2.05, 4.69) is 12.6 Å². The lowest BCUT2D eigenvalue weighted by molar-refractivity contribution is 0.347. The molecule has 0 aliphatic carbocycles. The van der Waals surface area contributed by atoms with Gasteiger partial charge in [-0.3, -0.25) is 0 Å². The Bertz CT molecular complexity index is 464.